The largest absolute Gasteiger partial charge is 0.382 e. The summed E-state index contributed by atoms with van der Waals surface area (Å²) in [7, 11) is 3.47. The van der Waals surface area contributed by atoms with E-state index in [9.17, 15) is 0 Å². The van der Waals surface area contributed by atoms with Gasteiger partial charge < -0.3 is 14.8 Å². The summed E-state index contributed by atoms with van der Waals surface area (Å²) in [6.45, 7) is 6.34. The van der Waals surface area contributed by atoms with Gasteiger partial charge in [0.15, 0.2) is 0 Å². The van der Waals surface area contributed by atoms with Gasteiger partial charge in [-0.25, -0.2) is 0 Å². The third-order valence-corrected chi connectivity index (χ3v) is 3.90. The van der Waals surface area contributed by atoms with Gasteiger partial charge in [0.25, 0.3) is 0 Å². The van der Waals surface area contributed by atoms with Gasteiger partial charge in [0.2, 0.25) is 0 Å². The molecule has 1 N–H and O–H groups in total. The Balaban J connectivity index is 2.27. The van der Waals surface area contributed by atoms with Crippen LogP contribution < -0.4 is 5.32 Å². The highest BCUT2D eigenvalue weighted by Gasteiger charge is 2.24. The minimum absolute atomic E-state index is 0.177. The highest BCUT2D eigenvalue weighted by molar-refractivity contribution is 4.80. The van der Waals surface area contributed by atoms with Crippen LogP contribution in [-0.4, -0.2) is 39.5 Å². The Morgan fingerprint density at radius 1 is 1.24 bits per heavy atom. The van der Waals surface area contributed by atoms with E-state index in [1.54, 1.807) is 14.2 Å². The van der Waals surface area contributed by atoms with Crippen LogP contribution >= 0.6 is 0 Å². The summed E-state index contributed by atoms with van der Waals surface area (Å²) < 4.78 is 10.5. The molecule has 2 unspecified atom stereocenters. The predicted octanol–water partition coefficient (Wildman–Crippen LogP) is 2.60. The van der Waals surface area contributed by atoms with Crippen LogP contribution in [0.25, 0.3) is 0 Å². The third-order valence-electron chi connectivity index (χ3n) is 3.90. The summed E-state index contributed by atoms with van der Waals surface area (Å²) in [5, 5.41) is 3.63. The molecule has 0 aromatic carbocycles. The summed E-state index contributed by atoms with van der Waals surface area (Å²) in [4.78, 5) is 0. The van der Waals surface area contributed by atoms with E-state index in [1.165, 1.54) is 32.1 Å². The van der Waals surface area contributed by atoms with Gasteiger partial charge in [0.05, 0.1) is 12.7 Å². The molecule has 3 heteroatoms. The smallest absolute Gasteiger partial charge is 0.0928 e. The van der Waals surface area contributed by atoms with Crippen LogP contribution in [0.3, 0.4) is 0 Å². The number of rotatable bonds is 6. The molecule has 0 spiro atoms. The lowest BCUT2D eigenvalue weighted by Gasteiger charge is -2.23. The maximum absolute atomic E-state index is 5.37. The number of hydrogen-bond donors (Lipinski definition) is 1. The molecule has 102 valence electrons. The van der Waals surface area contributed by atoms with E-state index in [4.69, 9.17) is 9.47 Å². The Bertz CT molecular complexity index is 206. The number of hydrogen-bond acceptors (Lipinski definition) is 3. The normalized spacial score (nSPS) is 26.5. The first-order valence-corrected chi connectivity index (χ1v) is 6.82. The second-order valence-corrected chi connectivity index (χ2v) is 6.01. The molecule has 1 fully saturated rings. The van der Waals surface area contributed by atoms with Crippen LogP contribution in [0.5, 0.6) is 0 Å². The molecule has 1 rings (SSSR count). The van der Waals surface area contributed by atoms with Crippen molar-refractivity contribution in [3.8, 4) is 0 Å². The average Bonchev–Trinajstić information content (AvgIpc) is 2.46. The van der Waals surface area contributed by atoms with Crippen molar-refractivity contribution in [3.63, 3.8) is 0 Å². The van der Waals surface area contributed by atoms with Crippen molar-refractivity contribution >= 4 is 0 Å². The molecule has 0 amide bonds. The molecule has 17 heavy (non-hydrogen) atoms. The predicted molar refractivity (Wildman–Crippen MR) is 71.3 cm³/mol. The van der Waals surface area contributed by atoms with E-state index in [1.807, 2.05) is 0 Å². The molecule has 0 radical (unpaired) electrons. The number of nitrogens with one attached hydrogen (secondary N) is 1. The molecule has 2 atom stereocenters. The Kier molecular flexibility index (Phi) is 6.45. The zero-order chi connectivity index (χ0) is 12.7. The molecule has 1 saturated carbocycles. The molecule has 3 nitrogen and oxygen atoms in total. The third kappa shape index (κ3) is 5.84. The summed E-state index contributed by atoms with van der Waals surface area (Å²) in [6.07, 6.45) is 6.79. The van der Waals surface area contributed by atoms with Gasteiger partial charge in [-0.05, 0) is 31.1 Å². The molecule has 0 heterocycles. The Morgan fingerprint density at radius 2 is 2.00 bits per heavy atom. The van der Waals surface area contributed by atoms with Crippen LogP contribution in [0.2, 0.25) is 0 Å². The van der Waals surface area contributed by atoms with E-state index in [0.29, 0.717) is 18.1 Å². The van der Waals surface area contributed by atoms with E-state index < -0.39 is 0 Å². The first kappa shape index (κ1) is 14.9. The Morgan fingerprint density at radius 3 is 2.65 bits per heavy atom. The van der Waals surface area contributed by atoms with Gasteiger partial charge in [-0.3, -0.25) is 0 Å². The van der Waals surface area contributed by atoms with Crippen molar-refractivity contribution in [1.82, 2.24) is 5.32 Å². The maximum atomic E-state index is 5.37. The lowest BCUT2D eigenvalue weighted by atomic mass is 9.85. The quantitative estimate of drug-likeness (QED) is 0.727. The minimum atomic E-state index is 0.177. The van der Waals surface area contributed by atoms with Gasteiger partial charge in [-0.2, -0.15) is 0 Å². The van der Waals surface area contributed by atoms with Crippen molar-refractivity contribution in [2.24, 2.45) is 5.41 Å². The molecule has 0 aromatic rings. The molecule has 1 aliphatic rings. The zero-order valence-corrected chi connectivity index (χ0v) is 11.9. The molecular weight excluding hydrogens is 214 g/mol. The average molecular weight is 243 g/mol. The molecular formula is C14H29NO2. The van der Waals surface area contributed by atoms with Crippen molar-refractivity contribution in [3.05, 3.63) is 0 Å². The van der Waals surface area contributed by atoms with Crippen molar-refractivity contribution in [2.75, 3.05) is 27.4 Å². The van der Waals surface area contributed by atoms with E-state index in [-0.39, 0.29) is 6.10 Å². The second kappa shape index (κ2) is 7.34. The van der Waals surface area contributed by atoms with Crippen LogP contribution in [0.4, 0.5) is 0 Å². The SMILES string of the molecule is COCC(CNC1CCCC(C)(C)CC1)OC. The minimum Gasteiger partial charge on any atom is -0.382 e. The number of methoxy groups -OCH3 is 2. The maximum Gasteiger partial charge on any atom is 0.0928 e. The lowest BCUT2D eigenvalue weighted by Crippen LogP contribution is -2.38. The summed E-state index contributed by atoms with van der Waals surface area (Å²) in [5.74, 6) is 0. The van der Waals surface area contributed by atoms with Gasteiger partial charge >= 0.3 is 0 Å². The highest BCUT2D eigenvalue weighted by Crippen LogP contribution is 2.33. The van der Waals surface area contributed by atoms with Gasteiger partial charge in [0.1, 0.15) is 0 Å². The highest BCUT2D eigenvalue weighted by atomic mass is 16.5. The van der Waals surface area contributed by atoms with Gasteiger partial charge in [0, 0.05) is 26.8 Å². The van der Waals surface area contributed by atoms with Crippen LogP contribution in [-0.2, 0) is 9.47 Å². The zero-order valence-electron chi connectivity index (χ0n) is 11.9. The van der Waals surface area contributed by atoms with Gasteiger partial charge in [-0.1, -0.05) is 20.3 Å². The molecule has 1 aliphatic carbocycles. The van der Waals surface area contributed by atoms with Crippen molar-refractivity contribution in [1.29, 1.82) is 0 Å². The fraction of sp³-hybridized carbons (Fsp3) is 1.00. The van der Waals surface area contributed by atoms with Crippen molar-refractivity contribution in [2.45, 2.75) is 58.1 Å². The standard InChI is InChI=1S/C14H29NO2/c1-14(2)8-5-6-12(7-9-14)15-10-13(17-4)11-16-3/h12-13,15H,5-11H2,1-4H3. The first-order chi connectivity index (χ1) is 8.07. The fourth-order valence-corrected chi connectivity index (χ4v) is 2.56. The first-order valence-electron chi connectivity index (χ1n) is 6.82. The van der Waals surface area contributed by atoms with Crippen LogP contribution in [0, 0.1) is 5.41 Å². The molecule has 0 saturated heterocycles. The van der Waals surface area contributed by atoms with Crippen LogP contribution in [0.1, 0.15) is 46.0 Å². The topological polar surface area (TPSA) is 30.5 Å². The molecule has 0 bridgehead atoms. The summed E-state index contributed by atoms with van der Waals surface area (Å²) in [6, 6.07) is 0.659. The second-order valence-electron chi connectivity index (χ2n) is 6.01. The van der Waals surface area contributed by atoms with E-state index >= 15 is 0 Å². The monoisotopic (exact) mass is 243 g/mol. The Hall–Kier alpha value is -0.120. The molecule has 0 aromatic heterocycles. The number of ether oxygens (including phenoxy) is 2. The summed E-state index contributed by atoms with van der Waals surface area (Å²) in [5.41, 5.74) is 0.531. The van der Waals surface area contributed by atoms with E-state index in [0.717, 1.165) is 6.54 Å². The summed E-state index contributed by atoms with van der Waals surface area (Å²) >= 11 is 0. The fourth-order valence-electron chi connectivity index (χ4n) is 2.56. The van der Waals surface area contributed by atoms with E-state index in [2.05, 4.69) is 19.2 Å². The van der Waals surface area contributed by atoms with Crippen LogP contribution in [0.15, 0.2) is 0 Å². The van der Waals surface area contributed by atoms with Crippen molar-refractivity contribution < 1.29 is 9.47 Å². The van der Waals surface area contributed by atoms with Gasteiger partial charge in [-0.15, -0.1) is 0 Å². The Labute approximate surface area is 106 Å². The lowest BCUT2D eigenvalue weighted by molar-refractivity contribution is 0.0270. The molecule has 0 aliphatic heterocycles.